The molecular formula is C15H20BrNO2. The molecule has 1 unspecified atom stereocenters. The number of fused-ring (bicyclic) bond motifs is 1. The zero-order valence-electron chi connectivity index (χ0n) is 11.5. The number of nitrogens with two attached hydrogens (primary N) is 1. The van der Waals surface area contributed by atoms with Crippen LogP contribution in [-0.2, 0) is 5.41 Å². The molecule has 0 amide bonds. The van der Waals surface area contributed by atoms with E-state index < -0.39 is 0 Å². The van der Waals surface area contributed by atoms with Crippen LogP contribution in [0.1, 0.15) is 37.3 Å². The molecule has 4 heteroatoms. The van der Waals surface area contributed by atoms with Crippen LogP contribution in [0.15, 0.2) is 10.5 Å². The Morgan fingerprint density at radius 3 is 2.47 bits per heavy atom. The average Bonchev–Trinajstić information content (AvgIpc) is 3.16. The zero-order valence-corrected chi connectivity index (χ0v) is 13.0. The van der Waals surface area contributed by atoms with Crippen LogP contribution >= 0.6 is 15.9 Å². The van der Waals surface area contributed by atoms with Crippen molar-refractivity contribution in [1.29, 1.82) is 0 Å². The highest BCUT2D eigenvalue weighted by atomic mass is 79.9. The number of hydrogen-bond donors (Lipinski definition) is 1. The third-order valence-electron chi connectivity index (χ3n) is 4.42. The fourth-order valence-electron chi connectivity index (χ4n) is 3.04. The van der Waals surface area contributed by atoms with E-state index in [-0.39, 0.29) is 11.5 Å². The molecule has 0 saturated heterocycles. The minimum atomic E-state index is 0.136. The standard InChI is InChI=1S/C15H20BrNO2/c1-9-11(15(4-5-15)10(2)17)8-12(16)14-13(9)18-6-3-7-19-14/h8,10H,3-7,17H2,1-2H3. The lowest BCUT2D eigenvalue weighted by Gasteiger charge is -2.25. The molecule has 1 fully saturated rings. The van der Waals surface area contributed by atoms with Crippen molar-refractivity contribution in [3.8, 4) is 11.5 Å². The van der Waals surface area contributed by atoms with Crippen molar-refractivity contribution in [1.82, 2.24) is 0 Å². The van der Waals surface area contributed by atoms with E-state index in [9.17, 15) is 0 Å². The quantitative estimate of drug-likeness (QED) is 0.907. The van der Waals surface area contributed by atoms with Gasteiger partial charge in [0.05, 0.1) is 17.7 Å². The number of rotatable bonds is 2. The van der Waals surface area contributed by atoms with Crippen molar-refractivity contribution in [2.45, 2.75) is 44.6 Å². The van der Waals surface area contributed by atoms with Gasteiger partial charge in [0, 0.05) is 17.9 Å². The SMILES string of the molecule is Cc1c(C2(C(C)N)CC2)cc(Br)c2c1OCCCO2. The predicted molar refractivity (Wildman–Crippen MR) is 79.0 cm³/mol. The molecule has 3 rings (SSSR count). The van der Waals surface area contributed by atoms with E-state index in [2.05, 4.69) is 35.8 Å². The van der Waals surface area contributed by atoms with Crippen molar-refractivity contribution in [2.75, 3.05) is 13.2 Å². The first-order valence-corrected chi connectivity index (χ1v) is 7.70. The van der Waals surface area contributed by atoms with Crippen molar-refractivity contribution < 1.29 is 9.47 Å². The van der Waals surface area contributed by atoms with E-state index >= 15 is 0 Å². The second kappa shape index (κ2) is 4.67. The summed E-state index contributed by atoms with van der Waals surface area (Å²) in [6.07, 6.45) is 3.25. The summed E-state index contributed by atoms with van der Waals surface area (Å²) in [4.78, 5) is 0. The average molecular weight is 326 g/mol. The Labute approximate surface area is 122 Å². The molecule has 0 radical (unpaired) electrons. The molecule has 1 aliphatic heterocycles. The smallest absolute Gasteiger partial charge is 0.175 e. The number of halogens is 1. The maximum absolute atomic E-state index is 6.20. The molecule has 1 saturated carbocycles. The highest BCUT2D eigenvalue weighted by Gasteiger charge is 2.49. The third-order valence-corrected chi connectivity index (χ3v) is 5.01. The van der Waals surface area contributed by atoms with Gasteiger partial charge >= 0.3 is 0 Å². The van der Waals surface area contributed by atoms with E-state index in [4.69, 9.17) is 15.2 Å². The van der Waals surface area contributed by atoms with Crippen LogP contribution in [0.3, 0.4) is 0 Å². The summed E-state index contributed by atoms with van der Waals surface area (Å²) in [5, 5.41) is 0. The predicted octanol–water partition coefficient (Wildman–Crippen LogP) is 3.30. The molecule has 19 heavy (non-hydrogen) atoms. The molecule has 1 atom stereocenters. The molecule has 0 aromatic heterocycles. The molecular weight excluding hydrogens is 306 g/mol. The topological polar surface area (TPSA) is 44.5 Å². The van der Waals surface area contributed by atoms with Gasteiger partial charge in [0.15, 0.2) is 11.5 Å². The molecule has 2 aliphatic rings. The molecule has 3 nitrogen and oxygen atoms in total. The molecule has 1 aromatic carbocycles. The van der Waals surface area contributed by atoms with Gasteiger partial charge in [0.25, 0.3) is 0 Å². The van der Waals surface area contributed by atoms with Gasteiger partial charge in [0.2, 0.25) is 0 Å². The Morgan fingerprint density at radius 1 is 1.26 bits per heavy atom. The molecule has 0 spiro atoms. The Morgan fingerprint density at radius 2 is 1.89 bits per heavy atom. The zero-order chi connectivity index (χ0) is 13.6. The van der Waals surface area contributed by atoms with Gasteiger partial charge in [-0.2, -0.15) is 0 Å². The van der Waals surface area contributed by atoms with Crippen LogP contribution in [0.2, 0.25) is 0 Å². The van der Waals surface area contributed by atoms with Crippen LogP contribution in [0.5, 0.6) is 11.5 Å². The monoisotopic (exact) mass is 325 g/mol. The van der Waals surface area contributed by atoms with Crippen molar-refractivity contribution in [3.63, 3.8) is 0 Å². The van der Waals surface area contributed by atoms with Gasteiger partial charge in [0.1, 0.15) is 0 Å². The second-order valence-corrected chi connectivity index (χ2v) is 6.54. The van der Waals surface area contributed by atoms with Gasteiger partial charge < -0.3 is 15.2 Å². The Bertz CT molecular complexity index is 509. The normalized spacial score (nSPS) is 21.7. The highest BCUT2D eigenvalue weighted by molar-refractivity contribution is 9.10. The largest absolute Gasteiger partial charge is 0.489 e. The molecule has 1 heterocycles. The summed E-state index contributed by atoms with van der Waals surface area (Å²) in [6.45, 7) is 5.65. The van der Waals surface area contributed by atoms with Crippen molar-refractivity contribution >= 4 is 15.9 Å². The van der Waals surface area contributed by atoms with Crippen molar-refractivity contribution in [3.05, 3.63) is 21.7 Å². The van der Waals surface area contributed by atoms with Gasteiger partial charge in [-0.1, -0.05) is 0 Å². The fraction of sp³-hybridized carbons (Fsp3) is 0.600. The first-order chi connectivity index (χ1) is 9.06. The van der Waals surface area contributed by atoms with Gasteiger partial charge in [-0.3, -0.25) is 0 Å². The molecule has 104 valence electrons. The Kier molecular flexibility index (Phi) is 3.26. The first-order valence-electron chi connectivity index (χ1n) is 6.91. The minimum absolute atomic E-state index is 0.136. The maximum Gasteiger partial charge on any atom is 0.175 e. The van der Waals surface area contributed by atoms with Gasteiger partial charge in [-0.05, 0) is 59.8 Å². The van der Waals surface area contributed by atoms with Crippen molar-refractivity contribution in [2.24, 2.45) is 5.73 Å². The van der Waals surface area contributed by atoms with E-state index in [0.29, 0.717) is 6.61 Å². The van der Waals surface area contributed by atoms with Crippen LogP contribution in [0.25, 0.3) is 0 Å². The van der Waals surface area contributed by atoms with Gasteiger partial charge in [-0.25, -0.2) is 0 Å². The lowest BCUT2D eigenvalue weighted by atomic mass is 9.86. The van der Waals surface area contributed by atoms with Crippen LogP contribution in [0.4, 0.5) is 0 Å². The summed E-state index contributed by atoms with van der Waals surface area (Å²) >= 11 is 3.63. The molecule has 1 aromatic rings. The summed E-state index contributed by atoms with van der Waals surface area (Å²) in [6, 6.07) is 2.35. The summed E-state index contributed by atoms with van der Waals surface area (Å²) in [5.74, 6) is 1.74. The molecule has 0 bridgehead atoms. The summed E-state index contributed by atoms with van der Waals surface area (Å²) < 4.78 is 12.7. The lowest BCUT2D eigenvalue weighted by molar-refractivity contribution is 0.296. The number of benzene rings is 1. The summed E-state index contributed by atoms with van der Waals surface area (Å²) in [7, 11) is 0. The van der Waals surface area contributed by atoms with Gasteiger partial charge in [-0.15, -0.1) is 0 Å². The number of ether oxygens (including phenoxy) is 2. The van der Waals surface area contributed by atoms with E-state index in [1.54, 1.807) is 0 Å². The fourth-order valence-corrected chi connectivity index (χ4v) is 3.56. The first kappa shape index (κ1) is 13.3. The molecule has 2 N–H and O–H groups in total. The Hall–Kier alpha value is -0.740. The number of hydrogen-bond acceptors (Lipinski definition) is 3. The summed E-state index contributed by atoms with van der Waals surface area (Å²) in [5.41, 5.74) is 8.85. The van der Waals surface area contributed by atoms with Crippen LogP contribution < -0.4 is 15.2 Å². The van der Waals surface area contributed by atoms with Crippen LogP contribution in [-0.4, -0.2) is 19.3 Å². The maximum atomic E-state index is 6.20. The Balaban J connectivity index is 2.13. The lowest BCUT2D eigenvalue weighted by Crippen LogP contribution is -2.32. The third kappa shape index (κ3) is 2.05. The van der Waals surface area contributed by atoms with E-state index in [1.807, 2.05) is 0 Å². The minimum Gasteiger partial charge on any atom is -0.489 e. The van der Waals surface area contributed by atoms with E-state index in [1.165, 1.54) is 11.1 Å². The van der Waals surface area contributed by atoms with Crippen LogP contribution in [0, 0.1) is 6.92 Å². The van der Waals surface area contributed by atoms with E-state index in [0.717, 1.165) is 41.8 Å². The second-order valence-electron chi connectivity index (χ2n) is 5.68. The molecule has 1 aliphatic carbocycles. The highest BCUT2D eigenvalue weighted by Crippen LogP contribution is 2.55.